The molecule has 0 aliphatic carbocycles. The number of hydrogen-bond acceptors (Lipinski definition) is 4. The van der Waals surface area contributed by atoms with Crippen molar-refractivity contribution in [2.24, 2.45) is 0 Å². The zero-order valence-electron chi connectivity index (χ0n) is 10.8. The Morgan fingerprint density at radius 3 is 2.74 bits per heavy atom. The van der Waals surface area contributed by atoms with Crippen LogP contribution in [0.5, 0.6) is 0 Å². The summed E-state index contributed by atoms with van der Waals surface area (Å²) in [4.78, 5) is 12.9. The van der Waals surface area contributed by atoms with E-state index in [1.54, 1.807) is 6.07 Å². The molecule has 0 bridgehead atoms. The number of nitro benzene ring substituents is 1. The van der Waals surface area contributed by atoms with Crippen LogP contribution in [0.3, 0.4) is 0 Å². The summed E-state index contributed by atoms with van der Waals surface area (Å²) in [6.45, 7) is 1.45. The molecule has 19 heavy (non-hydrogen) atoms. The van der Waals surface area contributed by atoms with Crippen LogP contribution in [0, 0.1) is 10.1 Å². The summed E-state index contributed by atoms with van der Waals surface area (Å²) in [5, 5.41) is 11.8. The Labute approximate surface area is 120 Å². The van der Waals surface area contributed by atoms with Crippen molar-refractivity contribution in [2.45, 2.75) is 24.2 Å². The van der Waals surface area contributed by atoms with Crippen LogP contribution >= 0.6 is 15.9 Å². The molecule has 0 saturated carbocycles. The van der Waals surface area contributed by atoms with Crippen LogP contribution in [0.4, 0.5) is 11.4 Å². The minimum absolute atomic E-state index is 0.172. The van der Waals surface area contributed by atoms with Crippen molar-refractivity contribution in [3.63, 3.8) is 0 Å². The first-order chi connectivity index (χ1) is 9.13. The molecule has 1 fully saturated rings. The molecule has 1 aromatic rings. The molecular formula is C13H17BrN2O3. The fraction of sp³-hybridized carbons (Fsp3) is 0.538. The largest absolute Gasteiger partial charge is 0.381 e. The van der Waals surface area contributed by atoms with Gasteiger partial charge in [-0.1, -0.05) is 22.0 Å². The van der Waals surface area contributed by atoms with Gasteiger partial charge in [-0.05, 0) is 24.5 Å². The van der Waals surface area contributed by atoms with Crippen molar-refractivity contribution in [3.8, 4) is 0 Å². The Balaban J connectivity index is 2.29. The van der Waals surface area contributed by atoms with E-state index in [1.807, 2.05) is 24.1 Å². The highest BCUT2D eigenvalue weighted by atomic mass is 79.9. The van der Waals surface area contributed by atoms with Crippen molar-refractivity contribution in [3.05, 3.63) is 33.9 Å². The van der Waals surface area contributed by atoms with Gasteiger partial charge in [-0.15, -0.1) is 0 Å². The van der Waals surface area contributed by atoms with E-state index in [-0.39, 0.29) is 10.6 Å². The summed E-state index contributed by atoms with van der Waals surface area (Å²) in [5.41, 5.74) is 1.77. The monoisotopic (exact) mass is 328 g/mol. The second-order valence-electron chi connectivity index (χ2n) is 4.67. The van der Waals surface area contributed by atoms with Gasteiger partial charge in [0.1, 0.15) is 5.69 Å². The van der Waals surface area contributed by atoms with Crippen LogP contribution in [0.2, 0.25) is 0 Å². The van der Waals surface area contributed by atoms with Crippen LogP contribution in [0.1, 0.15) is 18.4 Å². The number of benzene rings is 1. The fourth-order valence-electron chi connectivity index (χ4n) is 2.37. The van der Waals surface area contributed by atoms with Crippen molar-refractivity contribution in [2.75, 3.05) is 25.2 Å². The van der Waals surface area contributed by atoms with E-state index in [9.17, 15) is 10.1 Å². The maximum absolute atomic E-state index is 11.2. The van der Waals surface area contributed by atoms with Gasteiger partial charge in [-0.3, -0.25) is 10.1 Å². The second kappa shape index (κ2) is 6.34. The zero-order chi connectivity index (χ0) is 13.8. The standard InChI is InChI=1S/C13H17BrN2O3/c1-15(11-4-6-19-7-5-11)12-3-2-10(9-14)8-13(12)16(17)18/h2-3,8,11H,4-7,9H2,1H3. The Morgan fingerprint density at radius 2 is 2.16 bits per heavy atom. The molecule has 0 aromatic heterocycles. The molecule has 0 amide bonds. The number of halogens is 1. The van der Waals surface area contributed by atoms with Gasteiger partial charge in [0.05, 0.1) is 4.92 Å². The molecular weight excluding hydrogens is 312 g/mol. The van der Waals surface area contributed by atoms with Crippen LogP contribution in [0.25, 0.3) is 0 Å². The normalized spacial score (nSPS) is 16.3. The molecule has 0 spiro atoms. The third kappa shape index (κ3) is 3.25. The van der Waals surface area contributed by atoms with Gasteiger partial charge >= 0.3 is 0 Å². The van der Waals surface area contributed by atoms with E-state index < -0.39 is 0 Å². The first-order valence-electron chi connectivity index (χ1n) is 6.27. The Morgan fingerprint density at radius 1 is 1.47 bits per heavy atom. The lowest BCUT2D eigenvalue weighted by Gasteiger charge is -2.32. The fourth-order valence-corrected chi connectivity index (χ4v) is 2.71. The SMILES string of the molecule is CN(c1ccc(CBr)cc1[N+](=O)[O-])C1CCOCC1. The lowest BCUT2D eigenvalue weighted by atomic mass is 10.1. The highest BCUT2D eigenvalue weighted by molar-refractivity contribution is 9.08. The molecule has 104 valence electrons. The van der Waals surface area contributed by atoms with E-state index in [4.69, 9.17) is 4.74 Å². The molecule has 1 aliphatic heterocycles. The smallest absolute Gasteiger partial charge is 0.292 e. The lowest BCUT2D eigenvalue weighted by Crippen LogP contribution is -2.36. The minimum atomic E-state index is -0.308. The lowest BCUT2D eigenvalue weighted by molar-refractivity contribution is -0.384. The quantitative estimate of drug-likeness (QED) is 0.484. The Hall–Kier alpha value is -1.14. The number of ether oxygens (including phenoxy) is 1. The molecule has 0 radical (unpaired) electrons. The highest BCUT2D eigenvalue weighted by Gasteiger charge is 2.24. The average Bonchev–Trinajstić information content (AvgIpc) is 2.46. The molecule has 1 aliphatic rings. The molecule has 1 aromatic carbocycles. The van der Waals surface area contributed by atoms with Crippen molar-refractivity contribution < 1.29 is 9.66 Å². The first-order valence-corrected chi connectivity index (χ1v) is 7.39. The second-order valence-corrected chi connectivity index (χ2v) is 5.23. The van der Waals surface area contributed by atoms with Crippen LogP contribution in [0.15, 0.2) is 18.2 Å². The van der Waals surface area contributed by atoms with Crippen LogP contribution in [-0.2, 0) is 10.1 Å². The van der Waals surface area contributed by atoms with Crippen LogP contribution in [-0.4, -0.2) is 31.2 Å². The predicted octanol–water partition coefficient (Wildman–Crippen LogP) is 3.10. The summed E-state index contributed by atoms with van der Waals surface area (Å²) in [6, 6.07) is 5.71. The van der Waals surface area contributed by atoms with Gasteiger partial charge in [0.15, 0.2) is 0 Å². The Kier molecular flexibility index (Phi) is 4.76. The summed E-state index contributed by atoms with van der Waals surface area (Å²) in [6.07, 6.45) is 1.82. The average molecular weight is 329 g/mol. The van der Waals surface area contributed by atoms with Gasteiger partial charge in [0.2, 0.25) is 0 Å². The highest BCUT2D eigenvalue weighted by Crippen LogP contribution is 2.32. The molecule has 1 heterocycles. The van der Waals surface area contributed by atoms with Crippen molar-refractivity contribution in [1.29, 1.82) is 0 Å². The summed E-state index contributed by atoms with van der Waals surface area (Å²) >= 11 is 3.33. The van der Waals surface area contributed by atoms with Gasteiger partial charge < -0.3 is 9.64 Å². The molecule has 0 atom stereocenters. The maximum atomic E-state index is 11.2. The van der Waals surface area contributed by atoms with Gasteiger partial charge in [-0.2, -0.15) is 0 Å². The molecule has 0 unspecified atom stereocenters. The van der Waals surface area contributed by atoms with Gasteiger partial charge in [0.25, 0.3) is 5.69 Å². The minimum Gasteiger partial charge on any atom is -0.381 e. The molecule has 5 nitrogen and oxygen atoms in total. The summed E-state index contributed by atoms with van der Waals surface area (Å²) < 4.78 is 5.33. The van der Waals surface area contributed by atoms with Crippen LogP contribution < -0.4 is 4.90 Å². The number of hydrogen-bond donors (Lipinski definition) is 0. The van der Waals surface area contributed by atoms with E-state index >= 15 is 0 Å². The summed E-state index contributed by atoms with van der Waals surface area (Å²) in [7, 11) is 1.92. The zero-order valence-corrected chi connectivity index (χ0v) is 12.4. The number of anilines is 1. The topological polar surface area (TPSA) is 55.6 Å². The van der Waals surface area contributed by atoms with E-state index in [0.29, 0.717) is 17.1 Å². The predicted molar refractivity (Wildman–Crippen MR) is 78.0 cm³/mol. The van der Waals surface area contributed by atoms with Crippen molar-refractivity contribution in [1.82, 2.24) is 0 Å². The summed E-state index contributed by atoms with van der Waals surface area (Å²) in [5.74, 6) is 0. The van der Waals surface area contributed by atoms with E-state index in [0.717, 1.165) is 31.6 Å². The van der Waals surface area contributed by atoms with E-state index in [2.05, 4.69) is 15.9 Å². The molecule has 2 rings (SSSR count). The Bertz CT molecular complexity index is 461. The number of rotatable bonds is 4. The number of nitrogens with zero attached hydrogens (tertiary/aromatic N) is 2. The maximum Gasteiger partial charge on any atom is 0.292 e. The van der Waals surface area contributed by atoms with Crippen molar-refractivity contribution >= 4 is 27.3 Å². The molecule has 6 heteroatoms. The van der Waals surface area contributed by atoms with E-state index in [1.165, 1.54) is 0 Å². The van der Waals surface area contributed by atoms with Gasteiger partial charge in [-0.25, -0.2) is 0 Å². The first kappa shape index (κ1) is 14.3. The third-order valence-corrected chi connectivity index (χ3v) is 4.16. The molecule has 0 N–H and O–H groups in total. The third-order valence-electron chi connectivity index (χ3n) is 3.51. The number of nitro groups is 1. The number of alkyl halides is 1. The van der Waals surface area contributed by atoms with Gasteiger partial charge in [0, 0.05) is 37.7 Å². The molecule has 1 saturated heterocycles.